The van der Waals surface area contributed by atoms with Gasteiger partial charge in [-0.05, 0) is 43.1 Å². The Morgan fingerprint density at radius 2 is 1.87 bits per heavy atom. The average molecular weight is 315 g/mol. The largest absolute Gasteiger partial charge is 0.481 e. The number of amides is 1. The van der Waals surface area contributed by atoms with Gasteiger partial charge >= 0.3 is 5.97 Å². The summed E-state index contributed by atoms with van der Waals surface area (Å²) >= 11 is 0. The summed E-state index contributed by atoms with van der Waals surface area (Å²) in [5.41, 5.74) is 1.37. The van der Waals surface area contributed by atoms with Gasteiger partial charge in [-0.3, -0.25) is 9.59 Å². The molecule has 4 nitrogen and oxygen atoms in total. The molecule has 1 unspecified atom stereocenters. The second kappa shape index (κ2) is 6.73. The third kappa shape index (κ3) is 3.92. The standard InChI is InChI=1S/C19H25NO3/c1-13(19(22)23)12-20(17-7-8-17)18(21)11-14-9-16(10-14)15-5-3-2-4-6-15/h2-6,13-14,16-17H,7-12H2,1H3,(H,22,23). The fourth-order valence-electron chi connectivity index (χ4n) is 3.48. The first-order valence-electron chi connectivity index (χ1n) is 8.61. The quantitative estimate of drug-likeness (QED) is 0.840. The molecule has 1 atom stereocenters. The number of nitrogens with zero attached hydrogens (tertiary/aromatic N) is 1. The molecular weight excluding hydrogens is 290 g/mol. The van der Waals surface area contributed by atoms with E-state index in [-0.39, 0.29) is 11.9 Å². The smallest absolute Gasteiger partial charge is 0.308 e. The molecule has 2 aliphatic rings. The van der Waals surface area contributed by atoms with Crippen molar-refractivity contribution in [3.05, 3.63) is 35.9 Å². The minimum atomic E-state index is -0.823. The number of hydrogen-bond acceptors (Lipinski definition) is 2. The molecule has 2 fully saturated rings. The van der Waals surface area contributed by atoms with E-state index in [2.05, 4.69) is 24.3 Å². The third-order valence-electron chi connectivity index (χ3n) is 5.17. The lowest BCUT2D eigenvalue weighted by atomic mass is 9.70. The first-order valence-corrected chi connectivity index (χ1v) is 8.61. The SMILES string of the molecule is CC(CN(C(=O)CC1CC(c2ccccc2)C1)C1CC1)C(=O)O. The van der Waals surface area contributed by atoms with Crippen LogP contribution in [0.2, 0.25) is 0 Å². The van der Waals surface area contributed by atoms with Crippen molar-refractivity contribution in [3.8, 4) is 0 Å². The van der Waals surface area contributed by atoms with Gasteiger partial charge in [0, 0.05) is 19.0 Å². The summed E-state index contributed by atoms with van der Waals surface area (Å²) in [6.45, 7) is 2.04. The van der Waals surface area contributed by atoms with Crippen LogP contribution >= 0.6 is 0 Å². The van der Waals surface area contributed by atoms with Crippen LogP contribution in [0.4, 0.5) is 0 Å². The number of carboxylic acid groups (broad SMARTS) is 1. The van der Waals surface area contributed by atoms with E-state index in [1.807, 2.05) is 11.0 Å². The van der Waals surface area contributed by atoms with Gasteiger partial charge in [0.15, 0.2) is 0 Å². The predicted molar refractivity (Wildman–Crippen MR) is 88.1 cm³/mol. The van der Waals surface area contributed by atoms with E-state index >= 15 is 0 Å². The first kappa shape index (κ1) is 16.0. The van der Waals surface area contributed by atoms with Gasteiger partial charge in [-0.25, -0.2) is 0 Å². The Kier molecular flexibility index (Phi) is 4.69. The van der Waals surface area contributed by atoms with Crippen LogP contribution in [-0.4, -0.2) is 34.5 Å². The van der Waals surface area contributed by atoms with Crippen LogP contribution in [0, 0.1) is 11.8 Å². The Labute approximate surface area is 137 Å². The normalized spacial score (nSPS) is 24.6. The number of benzene rings is 1. The molecule has 0 radical (unpaired) electrons. The summed E-state index contributed by atoms with van der Waals surface area (Å²) in [5.74, 6) is -0.123. The highest BCUT2D eigenvalue weighted by molar-refractivity contribution is 5.78. The maximum atomic E-state index is 12.6. The maximum Gasteiger partial charge on any atom is 0.308 e. The van der Waals surface area contributed by atoms with Crippen molar-refractivity contribution in [1.29, 1.82) is 0 Å². The van der Waals surface area contributed by atoms with Crippen LogP contribution in [0.25, 0.3) is 0 Å². The highest BCUT2D eigenvalue weighted by Gasteiger charge is 2.37. The van der Waals surface area contributed by atoms with Crippen LogP contribution in [0.1, 0.15) is 50.5 Å². The summed E-state index contributed by atoms with van der Waals surface area (Å²) in [6, 6.07) is 10.8. The van der Waals surface area contributed by atoms with Crippen LogP contribution in [-0.2, 0) is 9.59 Å². The molecule has 2 saturated carbocycles. The first-order chi connectivity index (χ1) is 11.0. The highest BCUT2D eigenvalue weighted by atomic mass is 16.4. The fourth-order valence-corrected chi connectivity index (χ4v) is 3.48. The second-order valence-electron chi connectivity index (χ2n) is 7.17. The molecule has 0 bridgehead atoms. The zero-order valence-corrected chi connectivity index (χ0v) is 13.6. The number of aliphatic carboxylic acids is 1. The number of carboxylic acids is 1. The van der Waals surface area contributed by atoms with Crippen molar-refractivity contribution in [2.24, 2.45) is 11.8 Å². The Hall–Kier alpha value is -1.84. The van der Waals surface area contributed by atoms with Gasteiger partial charge in [-0.2, -0.15) is 0 Å². The fraction of sp³-hybridized carbons (Fsp3) is 0.579. The summed E-state index contributed by atoms with van der Waals surface area (Å²) in [6.07, 6.45) is 4.77. The molecule has 1 aromatic rings. The van der Waals surface area contributed by atoms with E-state index in [9.17, 15) is 9.59 Å². The summed E-state index contributed by atoms with van der Waals surface area (Å²) in [4.78, 5) is 25.4. The van der Waals surface area contributed by atoms with Gasteiger partial charge in [-0.1, -0.05) is 37.3 Å². The van der Waals surface area contributed by atoms with Crippen molar-refractivity contribution in [2.75, 3.05) is 6.54 Å². The van der Waals surface area contributed by atoms with Gasteiger partial charge < -0.3 is 10.0 Å². The molecule has 0 spiro atoms. The van der Waals surface area contributed by atoms with Gasteiger partial charge in [0.25, 0.3) is 0 Å². The molecular formula is C19H25NO3. The third-order valence-corrected chi connectivity index (χ3v) is 5.17. The molecule has 0 heterocycles. The molecule has 2 aliphatic carbocycles. The van der Waals surface area contributed by atoms with Crippen molar-refractivity contribution < 1.29 is 14.7 Å². The molecule has 0 aromatic heterocycles. The van der Waals surface area contributed by atoms with Crippen molar-refractivity contribution in [1.82, 2.24) is 4.90 Å². The highest BCUT2D eigenvalue weighted by Crippen LogP contribution is 2.43. The van der Waals surface area contributed by atoms with Crippen LogP contribution in [0.15, 0.2) is 30.3 Å². The number of carbonyl (C=O) groups is 2. The van der Waals surface area contributed by atoms with E-state index in [0.717, 1.165) is 25.7 Å². The topological polar surface area (TPSA) is 57.6 Å². The molecule has 0 aliphatic heterocycles. The van der Waals surface area contributed by atoms with Gasteiger partial charge in [0.05, 0.1) is 5.92 Å². The summed E-state index contributed by atoms with van der Waals surface area (Å²) in [7, 11) is 0. The van der Waals surface area contributed by atoms with Crippen LogP contribution in [0.3, 0.4) is 0 Å². The lowest BCUT2D eigenvalue weighted by molar-refractivity contribution is -0.143. The maximum absolute atomic E-state index is 12.6. The number of rotatable bonds is 7. The van der Waals surface area contributed by atoms with Crippen molar-refractivity contribution in [2.45, 2.75) is 51.0 Å². The van der Waals surface area contributed by atoms with Crippen molar-refractivity contribution in [3.63, 3.8) is 0 Å². The summed E-state index contributed by atoms with van der Waals surface area (Å²) < 4.78 is 0. The Bertz CT molecular complexity index is 561. The predicted octanol–water partition coefficient (Wildman–Crippen LogP) is 3.28. The number of carbonyl (C=O) groups excluding carboxylic acids is 1. The molecule has 124 valence electrons. The van der Waals surface area contributed by atoms with E-state index in [0.29, 0.717) is 24.8 Å². The minimum absolute atomic E-state index is 0.150. The van der Waals surface area contributed by atoms with Crippen molar-refractivity contribution >= 4 is 11.9 Å². The van der Waals surface area contributed by atoms with Gasteiger partial charge in [-0.15, -0.1) is 0 Å². The van der Waals surface area contributed by atoms with Crippen LogP contribution in [0.5, 0.6) is 0 Å². The van der Waals surface area contributed by atoms with Crippen LogP contribution < -0.4 is 0 Å². The zero-order valence-electron chi connectivity index (χ0n) is 13.6. The molecule has 0 saturated heterocycles. The Morgan fingerprint density at radius 3 is 2.43 bits per heavy atom. The summed E-state index contributed by atoms with van der Waals surface area (Å²) in [5, 5.41) is 9.08. The Balaban J connectivity index is 1.49. The second-order valence-corrected chi connectivity index (χ2v) is 7.17. The molecule has 1 aromatic carbocycles. The molecule has 1 amide bonds. The lowest BCUT2D eigenvalue weighted by Gasteiger charge is -2.37. The molecule has 23 heavy (non-hydrogen) atoms. The zero-order chi connectivity index (χ0) is 16.4. The molecule has 3 rings (SSSR count). The van der Waals surface area contributed by atoms with E-state index in [4.69, 9.17) is 5.11 Å². The molecule has 1 N–H and O–H groups in total. The lowest BCUT2D eigenvalue weighted by Crippen LogP contribution is -2.40. The van der Waals surface area contributed by atoms with E-state index in [1.165, 1.54) is 5.56 Å². The van der Waals surface area contributed by atoms with E-state index < -0.39 is 11.9 Å². The van der Waals surface area contributed by atoms with E-state index in [1.54, 1.807) is 6.92 Å². The van der Waals surface area contributed by atoms with Gasteiger partial charge in [0.2, 0.25) is 5.91 Å². The molecule has 4 heteroatoms. The van der Waals surface area contributed by atoms with Gasteiger partial charge in [0.1, 0.15) is 0 Å². The average Bonchev–Trinajstić information content (AvgIpc) is 3.32. The minimum Gasteiger partial charge on any atom is -0.481 e. The Morgan fingerprint density at radius 1 is 1.22 bits per heavy atom. The number of hydrogen-bond donors (Lipinski definition) is 1. The monoisotopic (exact) mass is 315 g/mol.